The van der Waals surface area contributed by atoms with Crippen molar-refractivity contribution < 1.29 is 4.79 Å². The van der Waals surface area contributed by atoms with Crippen LogP contribution in [0.4, 0.5) is 16.4 Å². The van der Waals surface area contributed by atoms with Crippen molar-refractivity contribution in [3.05, 3.63) is 36.5 Å². The van der Waals surface area contributed by atoms with E-state index in [-0.39, 0.29) is 12.1 Å². The molecular weight excluding hydrogens is 328 g/mol. The Hall–Kier alpha value is -3.09. The summed E-state index contributed by atoms with van der Waals surface area (Å²) in [5.74, 6) is 0.997. The second-order valence-corrected chi connectivity index (χ2v) is 6.73. The third-order valence-electron chi connectivity index (χ3n) is 4.87. The summed E-state index contributed by atoms with van der Waals surface area (Å²) >= 11 is 0. The highest BCUT2D eigenvalue weighted by Crippen LogP contribution is 2.27. The van der Waals surface area contributed by atoms with Gasteiger partial charge in [0.25, 0.3) is 0 Å². The third-order valence-corrected chi connectivity index (χ3v) is 4.87. The number of hydrogen-bond acceptors (Lipinski definition) is 4. The van der Waals surface area contributed by atoms with E-state index in [4.69, 9.17) is 5.73 Å². The molecule has 0 aliphatic heterocycles. The summed E-state index contributed by atoms with van der Waals surface area (Å²) in [6.07, 6.45) is 7.40. The van der Waals surface area contributed by atoms with E-state index in [1.165, 1.54) is 19.3 Å². The van der Waals surface area contributed by atoms with Gasteiger partial charge in [0.1, 0.15) is 5.82 Å². The van der Waals surface area contributed by atoms with Crippen molar-refractivity contribution >= 4 is 28.6 Å². The van der Waals surface area contributed by atoms with Gasteiger partial charge in [-0.3, -0.25) is 10.4 Å². The molecule has 1 aliphatic carbocycles. The average molecular weight is 350 g/mol. The number of aromatic amines is 1. The van der Waals surface area contributed by atoms with Crippen LogP contribution in [0.1, 0.15) is 32.1 Å². The molecule has 2 heterocycles. The maximum Gasteiger partial charge on any atom is 0.320 e. The van der Waals surface area contributed by atoms with Crippen LogP contribution in [-0.2, 0) is 0 Å². The van der Waals surface area contributed by atoms with E-state index in [9.17, 15) is 4.79 Å². The first-order valence-electron chi connectivity index (χ1n) is 8.96. The molecule has 0 saturated heterocycles. The van der Waals surface area contributed by atoms with Gasteiger partial charge in [-0.2, -0.15) is 5.10 Å². The van der Waals surface area contributed by atoms with Crippen molar-refractivity contribution in [3.63, 3.8) is 0 Å². The summed E-state index contributed by atoms with van der Waals surface area (Å²) in [5, 5.41) is 13.7. The number of carbonyl (C=O) groups excluding carboxylic acids is 1. The van der Waals surface area contributed by atoms with E-state index in [0.717, 1.165) is 34.9 Å². The van der Waals surface area contributed by atoms with Crippen LogP contribution < -0.4 is 16.4 Å². The zero-order valence-electron chi connectivity index (χ0n) is 14.5. The van der Waals surface area contributed by atoms with Crippen LogP contribution in [-0.4, -0.2) is 27.3 Å². The first-order chi connectivity index (χ1) is 12.7. The maximum absolute atomic E-state index is 12.2. The number of fused-ring (bicyclic) bond motifs is 1. The molecule has 0 radical (unpaired) electrons. The van der Waals surface area contributed by atoms with E-state index in [2.05, 4.69) is 25.8 Å². The number of H-pyrrole nitrogens is 1. The molecule has 1 aliphatic rings. The van der Waals surface area contributed by atoms with Gasteiger partial charge in [-0.1, -0.05) is 25.3 Å². The number of nitrogens with one attached hydrogen (secondary N) is 3. The molecule has 2 amide bonds. The van der Waals surface area contributed by atoms with Crippen LogP contribution in [0.2, 0.25) is 0 Å². The van der Waals surface area contributed by atoms with E-state index in [1.807, 2.05) is 30.3 Å². The summed E-state index contributed by atoms with van der Waals surface area (Å²) < 4.78 is 0. The number of nitrogen functional groups attached to an aromatic ring is 1. The highest BCUT2D eigenvalue weighted by Gasteiger charge is 2.16. The van der Waals surface area contributed by atoms with Crippen LogP contribution >= 0.6 is 0 Å². The minimum Gasteiger partial charge on any atom is -0.382 e. The van der Waals surface area contributed by atoms with Gasteiger partial charge in [0.2, 0.25) is 0 Å². The Kier molecular flexibility index (Phi) is 4.43. The molecule has 1 fully saturated rings. The Morgan fingerprint density at radius 3 is 2.77 bits per heavy atom. The minimum absolute atomic E-state index is 0.198. The number of pyridine rings is 1. The Morgan fingerprint density at radius 1 is 1.12 bits per heavy atom. The molecule has 7 nitrogen and oxygen atoms in total. The lowest BCUT2D eigenvalue weighted by molar-refractivity contribution is 0.244. The molecule has 26 heavy (non-hydrogen) atoms. The van der Waals surface area contributed by atoms with Crippen LogP contribution in [0.3, 0.4) is 0 Å². The van der Waals surface area contributed by atoms with Gasteiger partial charge in [0, 0.05) is 17.6 Å². The molecule has 5 N–H and O–H groups in total. The molecule has 1 saturated carbocycles. The number of hydrogen-bond donors (Lipinski definition) is 4. The molecule has 7 heteroatoms. The lowest BCUT2D eigenvalue weighted by Crippen LogP contribution is -2.39. The number of amides is 2. The molecule has 3 aromatic rings. The third kappa shape index (κ3) is 3.46. The Labute approximate surface area is 151 Å². The summed E-state index contributed by atoms with van der Waals surface area (Å²) in [4.78, 5) is 16.5. The van der Waals surface area contributed by atoms with Crippen molar-refractivity contribution in [2.24, 2.45) is 0 Å². The van der Waals surface area contributed by atoms with Gasteiger partial charge in [-0.15, -0.1) is 0 Å². The molecule has 0 spiro atoms. The van der Waals surface area contributed by atoms with Crippen molar-refractivity contribution in [1.29, 1.82) is 0 Å². The first-order valence-corrected chi connectivity index (χ1v) is 8.96. The number of anilines is 2. The van der Waals surface area contributed by atoms with Crippen LogP contribution in [0, 0.1) is 0 Å². The lowest BCUT2D eigenvalue weighted by Gasteiger charge is -2.22. The van der Waals surface area contributed by atoms with Crippen LogP contribution in [0.25, 0.3) is 22.0 Å². The number of benzene rings is 1. The average Bonchev–Trinajstić information content (AvgIpc) is 3.03. The van der Waals surface area contributed by atoms with E-state index >= 15 is 0 Å². The highest BCUT2D eigenvalue weighted by atomic mass is 16.2. The van der Waals surface area contributed by atoms with Gasteiger partial charge >= 0.3 is 6.03 Å². The Bertz CT molecular complexity index is 929. The number of nitrogens with zero attached hydrogens (tertiary/aromatic N) is 2. The van der Waals surface area contributed by atoms with E-state index in [0.29, 0.717) is 11.6 Å². The fourth-order valence-electron chi connectivity index (χ4n) is 3.48. The number of rotatable bonds is 3. The van der Waals surface area contributed by atoms with Gasteiger partial charge in [0.05, 0.1) is 5.52 Å². The Morgan fingerprint density at radius 2 is 1.92 bits per heavy atom. The van der Waals surface area contributed by atoms with Crippen LogP contribution in [0.15, 0.2) is 36.5 Å². The molecule has 0 atom stereocenters. The number of carbonyl (C=O) groups is 1. The van der Waals surface area contributed by atoms with Gasteiger partial charge in [0.15, 0.2) is 5.82 Å². The molecule has 4 rings (SSSR count). The smallest absolute Gasteiger partial charge is 0.320 e. The number of nitrogens with two attached hydrogens (primary N) is 1. The zero-order chi connectivity index (χ0) is 17.9. The molecule has 0 unspecified atom stereocenters. The largest absolute Gasteiger partial charge is 0.382 e. The fraction of sp³-hybridized carbons (Fsp3) is 0.316. The lowest BCUT2D eigenvalue weighted by atomic mass is 9.96. The van der Waals surface area contributed by atoms with Crippen molar-refractivity contribution in [3.8, 4) is 11.1 Å². The monoisotopic (exact) mass is 350 g/mol. The normalized spacial score (nSPS) is 15.1. The molecule has 1 aromatic carbocycles. The van der Waals surface area contributed by atoms with Gasteiger partial charge in [-0.25, -0.2) is 9.78 Å². The number of urea groups is 1. The van der Waals surface area contributed by atoms with E-state index < -0.39 is 0 Å². The van der Waals surface area contributed by atoms with Crippen molar-refractivity contribution in [2.45, 2.75) is 38.1 Å². The molecule has 134 valence electrons. The SMILES string of the molecule is Nc1n[nH]c2ccc(-c3ccnc(NC(=O)NC4CCCCC4)c3)cc12. The first kappa shape index (κ1) is 16.4. The van der Waals surface area contributed by atoms with Gasteiger partial charge in [-0.05, 0) is 48.2 Å². The van der Waals surface area contributed by atoms with Crippen LogP contribution in [0.5, 0.6) is 0 Å². The van der Waals surface area contributed by atoms with Crippen molar-refractivity contribution in [2.75, 3.05) is 11.1 Å². The van der Waals surface area contributed by atoms with Gasteiger partial charge < -0.3 is 11.1 Å². The molecule has 0 bridgehead atoms. The maximum atomic E-state index is 12.2. The standard InChI is InChI=1S/C19H22N6O/c20-18-15-10-12(6-7-16(15)24-25-18)13-8-9-21-17(11-13)23-19(26)22-14-4-2-1-3-5-14/h6-11,14H,1-5H2,(H3,20,24,25)(H2,21,22,23,26). The van der Waals surface area contributed by atoms with E-state index in [1.54, 1.807) is 6.20 Å². The van der Waals surface area contributed by atoms with Crippen molar-refractivity contribution in [1.82, 2.24) is 20.5 Å². The predicted molar refractivity (Wildman–Crippen MR) is 103 cm³/mol. The summed E-state index contributed by atoms with van der Waals surface area (Å²) in [5.41, 5.74) is 8.73. The summed E-state index contributed by atoms with van der Waals surface area (Å²) in [7, 11) is 0. The predicted octanol–water partition coefficient (Wildman–Crippen LogP) is 3.66. The molecule has 2 aromatic heterocycles. The second-order valence-electron chi connectivity index (χ2n) is 6.73. The zero-order valence-corrected chi connectivity index (χ0v) is 14.5. The number of aromatic nitrogens is 3. The summed E-state index contributed by atoms with van der Waals surface area (Å²) in [6.45, 7) is 0. The summed E-state index contributed by atoms with van der Waals surface area (Å²) in [6, 6.07) is 9.74. The topological polar surface area (TPSA) is 109 Å². The minimum atomic E-state index is -0.198. The highest BCUT2D eigenvalue weighted by molar-refractivity contribution is 5.93. The Balaban J connectivity index is 1.50. The fourth-order valence-corrected chi connectivity index (χ4v) is 3.48. The molecular formula is C19H22N6O. The second kappa shape index (κ2) is 7.03. The quantitative estimate of drug-likeness (QED) is 0.578.